The van der Waals surface area contributed by atoms with Gasteiger partial charge < -0.3 is 8.39 Å². The minimum Gasteiger partial charge on any atom is -0.419 e. The maximum absolute atomic E-state index is 6.40. The van der Waals surface area contributed by atoms with E-state index in [4.69, 9.17) is 8.39 Å². The molecule has 0 saturated heterocycles. The van der Waals surface area contributed by atoms with Crippen LogP contribution in [-0.2, 0) is 0 Å². The van der Waals surface area contributed by atoms with Gasteiger partial charge in [-0.05, 0) is 47.5 Å². The molecule has 0 spiro atoms. The molecule has 0 bridgehead atoms. The first-order valence-corrected chi connectivity index (χ1v) is 10.2. The largest absolute Gasteiger partial charge is 0.419 e. The van der Waals surface area contributed by atoms with E-state index in [9.17, 15) is 0 Å². The zero-order valence-electron chi connectivity index (χ0n) is 14.8. The summed E-state index contributed by atoms with van der Waals surface area (Å²) in [6.07, 6.45) is 0. The van der Waals surface area contributed by atoms with E-state index in [1.807, 2.05) is 0 Å². The average molecular weight is 358 g/mol. The van der Waals surface area contributed by atoms with E-state index in [1.165, 1.54) is 21.5 Å². The predicted molar refractivity (Wildman–Crippen MR) is 112 cm³/mol. The van der Waals surface area contributed by atoms with E-state index in [0.717, 1.165) is 21.9 Å². The SMILES string of the molecule is CC(C)p1oc2ccc3ccccc3c2c2c(ccc3ccccc32)o1. The summed E-state index contributed by atoms with van der Waals surface area (Å²) >= 11 is 0. The predicted octanol–water partition coefficient (Wildman–Crippen LogP) is 8.18. The summed E-state index contributed by atoms with van der Waals surface area (Å²) in [5, 5.41) is 7.11. The molecule has 4 aromatic carbocycles. The van der Waals surface area contributed by atoms with E-state index in [-0.39, 0.29) is 0 Å². The summed E-state index contributed by atoms with van der Waals surface area (Å²) < 4.78 is 12.8. The fourth-order valence-electron chi connectivity index (χ4n) is 3.59. The standard InChI is InChI=1S/C23H19O2P/c1-15(2)26-24-20-13-11-16-7-3-5-9-18(16)22(20)23-19-10-6-4-8-17(19)12-14-21(23)25-26/h3-15H,1-2H3. The Morgan fingerprint density at radius 3 is 1.54 bits per heavy atom. The van der Waals surface area contributed by atoms with Gasteiger partial charge in [-0.1, -0.05) is 60.7 Å². The van der Waals surface area contributed by atoms with Crippen LogP contribution in [0.1, 0.15) is 19.5 Å². The van der Waals surface area contributed by atoms with Crippen molar-refractivity contribution in [2.75, 3.05) is 0 Å². The monoisotopic (exact) mass is 358 g/mol. The van der Waals surface area contributed by atoms with Gasteiger partial charge in [-0.15, -0.1) is 0 Å². The lowest BCUT2D eigenvalue weighted by Crippen LogP contribution is -1.79. The Labute approximate surface area is 152 Å². The van der Waals surface area contributed by atoms with Crippen LogP contribution in [0.3, 0.4) is 0 Å². The maximum Gasteiger partial charge on any atom is 0.219 e. The molecule has 0 amide bonds. The summed E-state index contributed by atoms with van der Waals surface area (Å²) in [5.41, 5.74) is 2.14. The normalized spacial score (nSPS) is 11.8. The van der Waals surface area contributed by atoms with Crippen molar-refractivity contribution in [1.82, 2.24) is 0 Å². The molecule has 0 radical (unpaired) electrons. The third-order valence-electron chi connectivity index (χ3n) is 4.83. The fraction of sp³-hybridized carbons (Fsp3) is 0.130. The van der Waals surface area contributed by atoms with Gasteiger partial charge in [0, 0.05) is 10.8 Å². The minimum absolute atomic E-state index is 0.307. The molecule has 26 heavy (non-hydrogen) atoms. The Kier molecular flexibility index (Phi) is 3.55. The van der Waals surface area contributed by atoms with Crippen molar-refractivity contribution >= 4 is 51.5 Å². The second-order valence-corrected chi connectivity index (χ2v) is 8.85. The van der Waals surface area contributed by atoms with Crippen molar-refractivity contribution in [3.8, 4) is 0 Å². The van der Waals surface area contributed by atoms with Gasteiger partial charge in [0.25, 0.3) is 0 Å². The molecule has 5 rings (SSSR count). The van der Waals surface area contributed by atoms with E-state index in [2.05, 4.69) is 86.6 Å². The van der Waals surface area contributed by atoms with Crippen LogP contribution in [0.15, 0.2) is 81.2 Å². The molecular weight excluding hydrogens is 339 g/mol. The maximum atomic E-state index is 6.40. The molecule has 1 heterocycles. The molecule has 0 aliphatic carbocycles. The molecule has 128 valence electrons. The molecule has 0 N–H and O–H groups in total. The number of hydrogen-bond acceptors (Lipinski definition) is 2. The first-order valence-electron chi connectivity index (χ1n) is 8.91. The van der Waals surface area contributed by atoms with Crippen molar-refractivity contribution in [3.05, 3.63) is 72.8 Å². The Balaban J connectivity index is 2.18. The summed E-state index contributed by atoms with van der Waals surface area (Å²) in [6, 6.07) is 25.4. The Morgan fingerprint density at radius 2 is 1.08 bits per heavy atom. The minimum atomic E-state index is -1.04. The number of fused-ring (bicyclic) bond motifs is 7. The van der Waals surface area contributed by atoms with Crippen LogP contribution in [0, 0.1) is 0 Å². The molecule has 0 atom stereocenters. The van der Waals surface area contributed by atoms with Crippen LogP contribution in [0.25, 0.3) is 43.5 Å². The topological polar surface area (TPSA) is 26.3 Å². The van der Waals surface area contributed by atoms with Crippen LogP contribution >= 0.6 is 8.01 Å². The molecule has 0 aliphatic rings. The lowest BCUT2D eigenvalue weighted by molar-refractivity contribution is 0.622. The third kappa shape index (κ3) is 2.34. The van der Waals surface area contributed by atoms with Gasteiger partial charge >= 0.3 is 0 Å². The number of rotatable bonds is 1. The van der Waals surface area contributed by atoms with Crippen molar-refractivity contribution in [2.24, 2.45) is 0 Å². The summed E-state index contributed by atoms with van der Waals surface area (Å²) in [6.45, 7) is 4.30. The van der Waals surface area contributed by atoms with Gasteiger partial charge in [-0.25, -0.2) is 0 Å². The highest BCUT2D eigenvalue weighted by Gasteiger charge is 2.13. The quantitative estimate of drug-likeness (QED) is 0.302. The van der Waals surface area contributed by atoms with E-state index < -0.39 is 8.01 Å². The van der Waals surface area contributed by atoms with Crippen LogP contribution in [0.5, 0.6) is 0 Å². The second-order valence-electron chi connectivity index (χ2n) is 6.88. The van der Waals surface area contributed by atoms with Crippen molar-refractivity contribution < 1.29 is 8.39 Å². The van der Waals surface area contributed by atoms with Gasteiger partial charge in [-0.3, -0.25) is 0 Å². The van der Waals surface area contributed by atoms with E-state index >= 15 is 0 Å². The van der Waals surface area contributed by atoms with Gasteiger partial charge in [0.1, 0.15) is 11.2 Å². The Morgan fingerprint density at radius 1 is 0.615 bits per heavy atom. The van der Waals surface area contributed by atoms with Crippen LogP contribution in [0.2, 0.25) is 0 Å². The number of benzene rings is 4. The van der Waals surface area contributed by atoms with Gasteiger partial charge in [0.2, 0.25) is 8.01 Å². The van der Waals surface area contributed by atoms with Gasteiger partial charge in [0.05, 0.1) is 5.66 Å². The second kappa shape index (κ2) is 5.93. The summed E-state index contributed by atoms with van der Waals surface area (Å²) in [5.74, 6) is 0. The van der Waals surface area contributed by atoms with E-state index in [0.29, 0.717) is 5.66 Å². The lowest BCUT2D eigenvalue weighted by atomic mass is 9.99. The smallest absolute Gasteiger partial charge is 0.219 e. The molecule has 2 nitrogen and oxygen atoms in total. The molecule has 5 aromatic rings. The summed E-state index contributed by atoms with van der Waals surface area (Å²) in [4.78, 5) is 0. The van der Waals surface area contributed by atoms with Crippen molar-refractivity contribution in [3.63, 3.8) is 0 Å². The zero-order chi connectivity index (χ0) is 17.7. The summed E-state index contributed by atoms with van der Waals surface area (Å²) in [7, 11) is -1.04. The molecule has 0 saturated carbocycles. The van der Waals surface area contributed by atoms with Crippen molar-refractivity contribution in [1.29, 1.82) is 0 Å². The first kappa shape index (κ1) is 15.5. The highest BCUT2D eigenvalue weighted by atomic mass is 31.1. The Bertz CT molecular complexity index is 1220. The van der Waals surface area contributed by atoms with Gasteiger partial charge in [0.15, 0.2) is 0 Å². The molecule has 3 heteroatoms. The highest BCUT2D eigenvalue weighted by molar-refractivity contribution is 7.37. The van der Waals surface area contributed by atoms with Gasteiger partial charge in [-0.2, -0.15) is 0 Å². The average Bonchev–Trinajstić information content (AvgIpc) is 2.85. The molecular formula is C23H19O2P. The molecule has 0 unspecified atom stereocenters. The first-order chi connectivity index (χ1) is 12.7. The molecule has 1 aromatic heterocycles. The van der Waals surface area contributed by atoms with Crippen LogP contribution in [-0.4, -0.2) is 0 Å². The lowest BCUT2D eigenvalue weighted by Gasteiger charge is -2.05. The fourth-order valence-corrected chi connectivity index (χ4v) is 4.75. The van der Waals surface area contributed by atoms with Crippen molar-refractivity contribution in [2.45, 2.75) is 19.5 Å². The molecule has 0 fully saturated rings. The van der Waals surface area contributed by atoms with E-state index in [1.54, 1.807) is 0 Å². The Hall–Kier alpha value is -2.70. The highest BCUT2D eigenvalue weighted by Crippen LogP contribution is 2.45. The molecule has 0 aliphatic heterocycles. The van der Waals surface area contributed by atoms with Crippen LogP contribution in [0.4, 0.5) is 0 Å². The van der Waals surface area contributed by atoms with Crippen LogP contribution < -0.4 is 0 Å². The number of hydrogen-bond donors (Lipinski definition) is 0. The third-order valence-corrected chi connectivity index (χ3v) is 6.43. The zero-order valence-corrected chi connectivity index (χ0v) is 15.7.